The summed E-state index contributed by atoms with van der Waals surface area (Å²) in [5.74, 6) is -0.186. The molecule has 0 saturated heterocycles. The summed E-state index contributed by atoms with van der Waals surface area (Å²) in [6, 6.07) is 11.4. The normalized spacial score (nSPS) is 13.9. The second-order valence-electron chi connectivity index (χ2n) is 4.41. The molecule has 0 amide bonds. The van der Waals surface area contributed by atoms with E-state index in [0.29, 0.717) is 11.3 Å². The minimum Gasteiger partial charge on any atom is -0.484 e. The van der Waals surface area contributed by atoms with Gasteiger partial charge in [0, 0.05) is 6.04 Å². The van der Waals surface area contributed by atoms with Crippen molar-refractivity contribution in [2.75, 3.05) is 0 Å². The number of halogens is 2. The molecule has 2 unspecified atom stereocenters. The Morgan fingerprint density at radius 1 is 1.00 bits per heavy atom. The average molecular weight is 263 g/mol. The summed E-state index contributed by atoms with van der Waals surface area (Å²) < 4.78 is 31.8. The van der Waals surface area contributed by atoms with Crippen LogP contribution in [0.1, 0.15) is 18.6 Å². The zero-order valence-corrected chi connectivity index (χ0v) is 10.5. The van der Waals surface area contributed by atoms with Crippen molar-refractivity contribution in [2.24, 2.45) is 5.73 Å². The number of hydrogen-bond acceptors (Lipinski definition) is 2. The minimum absolute atomic E-state index is 0.327. The Labute approximate surface area is 110 Å². The molecule has 0 fully saturated rings. The summed E-state index contributed by atoms with van der Waals surface area (Å²) in [4.78, 5) is 0. The van der Waals surface area contributed by atoms with Crippen LogP contribution in [0.4, 0.5) is 8.78 Å². The monoisotopic (exact) mass is 263 g/mol. The molecule has 0 spiro atoms. The van der Waals surface area contributed by atoms with Crippen molar-refractivity contribution in [3.05, 3.63) is 65.7 Å². The van der Waals surface area contributed by atoms with Gasteiger partial charge in [0.1, 0.15) is 23.5 Å². The quantitative estimate of drug-likeness (QED) is 0.917. The van der Waals surface area contributed by atoms with Gasteiger partial charge in [0.15, 0.2) is 0 Å². The molecule has 2 atom stereocenters. The van der Waals surface area contributed by atoms with Crippen molar-refractivity contribution in [1.29, 1.82) is 0 Å². The zero-order valence-electron chi connectivity index (χ0n) is 10.5. The number of ether oxygens (including phenoxy) is 1. The minimum atomic E-state index is -0.485. The Hall–Kier alpha value is -1.94. The largest absolute Gasteiger partial charge is 0.484 e. The number of rotatable bonds is 4. The Bertz CT molecular complexity index is 540. The van der Waals surface area contributed by atoms with Gasteiger partial charge >= 0.3 is 0 Å². The number of nitrogens with two attached hydrogens (primary N) is 1. The van der Waals surface area contributed by atoms with Crippen molar-refractivity contribution in [3.63, 3.8) is 0 Å². The fourth-order valence-corrected chi connectivity index (χ4v) is 1.82. The second-order valence-corrected chi connectivity index (χ2v) is 4.41. The Kier molecular flexibility index (Phi) is 4.12. The molecule has 0 aromatic heterocycles. The third-order valence-electron chi connectivity index (χ3n) is 2.73. The predicted octanol–water partition coefficient (Wildman–Crippen LogP) is 3.43. The lowest BCUT2D eigenvalue weighted by molar-refractivity contribution is 0.180. The van der Waals surface area contributed by atoms with Crippen LogP contribution in [0.25, 0.3) is 0 Å². The van der Waals surface area contributed by atoms with E-state index in [4.69, 9.17) is 10.5 Å². The van der Waals surface area contributed by atoms with E-state index in [2.05, 4.69) is 0 Å². The van der Waals surface area contributed by atoms with Crippen molar-refractivity contribution >= 4 is 0 Å². The van der Waals surface area contributed by atoms with E-state index in [-0.39, 0.29) is 17.7 Å². The summed E-state index contributed by atoms with van der Waals surface area (Å²) in [5, 5.41) is 0. The first-order valence-electron chi connectivity index (χ1n) is 5.99. The van der Waals surface area contributed by atoms with Crippen LogP contribution in [0.5, 0.6) is 5.75 Å². The van der Waals surface area contributed by atoms with Crippen LogP contribution >= 0.6 is 0 Å². The SMILES string of the molecule is CC(N)C(Oc1ccc(F)cc1)c1cccc(F)c1. The van der Waals surface area contributed by atoms with Gasteiger partial charge in [0.2, 0.25) is 0 Å². The van der Waals surface area contributed by atoms with Crippen LogP contribution in [0.2, 0.25) is 0 Å². The van der Waals surface area contributed by atoms with E-state index in [1.165, 1.54) is 36.4 Å². The van der Waals surface area contributed by atoms with E-state index in [1.54, 1.807) is 19.1 Å². The molecule has 2 aromatic carbocycles. The summed E-state index contributed by atoms with van der Waals surface area (Å²) in [6.07, 6.45) is -0.485. The third-order valence-corrected chi connectivity index (χ3v) is 2.73. The molecule has 2 N–H and O–H groups in total. The molecule has 0 aliphatic heterocycles. The molecule has 0 saturated carbocycles. The fourth-order valence-electron chi connectivity index (χ4n) is 1.82. The molecule has 0 radical (unpaired) electrons. The van der Waals surface area contributed by atoms with Crippen LogP contribution in [0, 0.1) is 11.6 Å². The van der Waals surface area contributed by atoms with Crippen molar-refractivity contribution in [2.45, 2.75) is 19.1 Å². The highest BCUT2D eigenvalue weighted by Gasteiger charge is 2.18. The van der Waals surface area contributed by atoms with E-state index in [9.17, 15) is 8.78 Å². The smallest absolute Gasteiger partial charge is 0.139 e. The van der Waals surface area contributed by atoms with E-state index < -0.39 is 6.10 Å². The van der Waals surface area contributed by atoms with Gasteiger partial charge in [0.05, 0.1) is 0 Å². The summed E-state index contributed by atoms with van der Waals surface area (Å²) in [5.41, 5.74) is 6.53. The molecule has 4 heteroatoms. The highest BCUT2D eigenvalue weighted by Crippen LogP contribution is 2.24. The molecular weight excluding hydrogens is 248 g/mol. The van der Waals surface area contributed by atoms with Crippen LogP contribution < -0.4 is 10.5 Å². The van der Waals surface area contributed by atoms with Gasteiger partial charge in [0.25, 0.3) is 0 Å². The predicted molar refractivity (Wildman–Crippen MR) is 69.8 cm³/mol. The van der Waals surface area contributed by atoms with E-state index in [1.807, 2.05) is 0 Å². The van der Waals surface area contributed by atoms with Gasteiger partial charge < -0.3 is 10.5 Å². The van der Waals surface area contributed by atoms with E-state index >= 15 is 0 Å². The first kappa shape index (κ1) is 13.5. The van der Waals surface area contributed by atoms with Gasteiger partial charge in [-0.05, 0) is 48.9 Å². The number of benzene rings is 2. The maximum absolute atomic E-state index is 13.2. The van der Waals surface area contributed by atoms with Gasteiger partial charge in [-0.25, -0.2) is 8.78 Å². The van der Waals surface area contributed by atoms with Crippen LogP contribution in [0.3, 0.4) is 0 Å². The molecule has 0 aliphatic rings. The summed E-state index contributed by atoms with van der Waals surface area (Å²) >= 11 is 0. The van der Waals surface area contributed by atoms with Crippen molar-refractivity contribution < 1.29 is 13.5 Å². The van der Waals surface area contributed by atoms with Crippen molar-refractivity contribution in [1.82, 2.24) is 0 Å². The standard InChI is InChI=1S/C15H15F2NO/c1-10(18)15(11-3-2-4-13(17)9-11)19-14-7-5-12(16)6-8-14/h2-10,15H,18H2,1H3. The summed E-state index contributed by atoms with van der Waals surface area (Å²) in [6.45, 7) is 1.78. The molecule has 2 aromatic rings. The molecule has 0 aliphatic carbocycles. The lowest BCUT2D eigenvalue weighted by atomic mass is 10.0. The lowest BCUT2D eigenvalue weighted by Gasteiger charge is -2.23. The molecular formula is C15H15F2NO. The maximum atomic E-state index is 13.2. The average Bonchev–Trinajstić information content (AvgIpc) is 2.37. The van der Waals surface area contributed by atoms with Crippen LogP contribution in [0.15, 0.2) is 48.5 Å². The Morgan fingerprint density at radius 2 is 1.68 bits per heavy atom. The molecule has 19 heavy (non-hydrogen) atoms. The topological polar surface area (TPSA) is 35.2 Å². The van der Waals surface area contributed by atoms with Crippen LogP contribution in [-0.4, -0.2) is 6.04 Å². The first-order valence-corrected chi connectivity index (χ1v) is 5.99. The number of hydrogen-bond donors (Lipinski definition) is 1. The highest BCUT2D eigenvalue weighted by molar-refractivity contribution is 5.26. The lowest BCUT2D eigenvalue weighted by Crippen LogP contribution is -2.29. The molecule has 100 valence electrons. The van der Waals surface area contributed by atoms with Gasteiger partial charge in [-0.2, -0.15) is 0 Å². The second kappa shape index (κ2) is 5.80. The van der Waals surface area contributed by atoms with Crippen molar-refractivity contribution in [3.8, 4) is 5.75 Å². The third kappa shape index (κ3) is 3.51. The molecule has 0 heterocycles. The van der Waals surface area contributed by atoms with Gasteiger partial charge in [-0.1, -0.05) is 12.1 Å². The molecule has 0 bridgehead atoms. The zero-order chi connectivity index (χ0) is 13.8. The highest BCUT2D eigenvalue weighted by atomic mass is 19.1. The Balaban J connectivity index is 2.23. The van der Waals surface area contributed by atoms with Crippen LogP contribution in [-0.2, 0) is 0 Å². The Morgan fingerprint density at radius 3 is 2.26 bits per heavy atom. The molecule has 2 nitrogen and oxygen atoms in total. The van der Waals surface area contributed by atoms with E-state index in [0.717, 1.165) is 0 Å². The fraction of sp³-hybridized carbons (Fsp3) is 0.200. The maximum Gasteiger partial charge on any atom is 0.139 e. The first-order chi connectivity index (χ1) is 9.06. The van der Waals surface area contributed by atoms with Gasteiger partial charge in [-0.15, -0.1) is 0 Å². The summed E-state index contributed by atoms with van der Waals surface area (Å²) in [7, 11) is 0. The molecule has 2 rings (SSSR count). The van der Waals surface area contributed by atoms with Gasteiger partial charge in [-0.3, -0.25) is 0 Å².